The second kappa shape index (κ2) is 7.26. The largest absolute Gasteiger partial charge is 0.462 e. The number of hydrogen-bond acceptors (Lipinski definition) is 7. The number of carbonyl (C=O) groups excluding carboxylic acids is 2. The highest BCUT2D eigenvalue weighted by Gasteiger charge is 2.32. The molecule has 0 radical (unpaired) electrons. The van der Waals surface area contributed by atoms with Gasteiger partial charge >= 0.3 is 5.97 Å². The zero-order chi connectivity index (χ0) is 16.1. The molecular weight excluding hydrogens is 304 g/mol. The van der Waals surface area contributed by atoms with Crippen LogP contribution in [0.25, 0.3) is 0 Å². The smallest absolute Gasteiger partial charge is 0.343 e. The summed E-state index contributed by atoms with van der Waals surface area (Å²) >= 11 is 1.26. The maximum absolute atomic E-state index is 12.1. The van der Waals surface area contributed by atoms with E-state index >= 15 is 0 Å². The molecule has 2 rings (SSSR count). The molecule has 22 heavy (non-hydrogen) atoms. The number of nitrogen functional groups attached to an aromatic ring is 1. The van der Waals surface area contributed by atoms with Crippen molar-refractivity contribution in [3.05, 3.63) is 24.4 Å². The number of ether oxygens (including phenoxy) is 1. The van der Waals surface area contributed by atoms with Gasteiger partial charge in [0.15, 0.2) is 5.16 Å². The molecule has 118 valence electrons. The summed E-state index contributed by atoms with van der Waals surface area (Å²) in [4.78, 5) is 33.7. The van der Waals surface area contributed by atoms with E-state index in [0.29, 0.717) is 18.2 Å². The minimum absolute atomic E-state index is 0.0431. The first-order valence-electron chi connectivity index (χ1n) is 6.92. The van der Waals surface area contributed by atoms with Crippen molar-refractivity contribution in [2.45, 2.75) is 23.8 Å². The summed E-state index contributed by atoms with van der Waals surface area (Å²) in [7, 11) is 0. The summed E-state index contributed by atoms with van der Waals surface area (Å²) in [6.45, 7) is 6.83. The van der Waals surface area contributed by atoms with Crippen LogP contribution in [0.5, 0.6) is 0 Å². The molecule has 1 saturated heterocycles. The number of thioether (sulfide) groups is 1. The molecule has 2 N–H and O–H groups in total. The molecule has 7 nitrogen and oxygen atoms in total. The van der Waals surface area contributed by atoms with Crippen LogP contribution in [0.15, 0.2) is 24.0 Å². The maximum atomic E-state index is 12.1. The molecule has 1 fully saturated rings. The van der Waals surface area contributed by atoms with Gasteiger partial charge in [-0.15, -0.1) is 6.58 Å². The Kier molecular flexibility index (Phi) is 5.37. The van der Waals surface area contributed by atoms with Crippen LogP contribution in [-0.4, -0.2) is 51.7 Å². The fourth-order valence-corrected chi connectivity index (χ4v) is 3.08. The summed E-state index contributed by atoms with van der Waals surface area (Å²) in [6, 6.07) is 0. The van der Waals surface area contributed by atoms with Crippen LogP contribution >= 0.6 is 11.8 Å². The first-order chi connectivity index (χ1) is 10.6. The topological polar surface area (TPSA) is 98.4 Å². The molecule has 1 aliphatic rings. The molecule has 0 unspecified atom stereocenters. The molecule has 1 aromatic heterocycles. The molecule has 1 amide bonds. The Labute approximate surface area is 132 Å². The van der Waals surface area contributed by atoms with Crippen LogP contribution in [0.2, 0.25) is 0 Å². The van der Waals surface area contributed by atoms with Gasteiger partial charge in [-0.3, -0.25) is 4.79 Å². The number of esters is 1. The average molecular weight is 322 g/mol. The lowest BCUT2D eigenvalue weighted by Crippen LogP contribution is -2.28. The third-order valence-electron chi connectivity index (χ3n) is 3.14. The van der Waals surface area contributed by atoms with Gasteiger partial charge in [0.05, 0.1) is 11.9 Å². The standard InChI is InChI=1S/C14H18N4O3S/c1-3-6-18-7-5-10(12(18)19)22-14-16-8-9(11(15)17-14)13(20)21-4-2/h3,8,10H,1,4-7H2,2H3,(H2,15,16,17)/t10-/m0/s1. The molecule has 0 spiro atoms. The van der Waals surface area contributed by atoms with Crippen LogP contribution in [-0.2, 0) is 9.53 Å². The number of anilines is 1. The van der Waals surface area contributed by atoms with Gasteiger partial charge in [-0.05, 0) is 13.3 Å². The van der Waals surface area contributed by atoms with Crippen molar-refractivity contribution >= 4 is 29.5 Å². The third kappa shape index (κ3) is 3.56. The van der Waals surface area contributed by atoms with Gasteiger partial charge in [0.2, 0.25) is 5.91 Å². The number of nitrogens with zero attached hydrogens (tertiary/aromatic N) is 3. The van der Waals surface area contributed by atoms with E-state index in [1.807, 2.05) is 0 Å². The Morgan fingerprint density at radius 3 is 3.09 bits per heavy atom. The van der Waals surface area contributed by atoms with Crippen molar-refractivity contribution in [1.82, 2.24) is 14.9 Å². The summed E-state index contributed by atoms with van der Waals surface area (Å²) in [5, 5.41) is 0.150. The van der Waals surface area contributed by atoms with Gasteiger partial charge < -0.3 is 15.4 Å². The Morgan fingerprint density at radius 2 is 2.45 bits per heavy atom. The van der Waals surface area contributed by atoms with Crippen molar-refractivity contribution < 1.29 is 14.3 Å². The SMILES string of the molecule is C=CCN1CC[C@H](Sc2ncc(C(=O)OCC)c(N)n2)C1=O. The highest BCUT2D eigenvalue weighted by molar-refractivity contribution is 8.00. The average Bonchev–Trinajstić information content (AvgIpc) is 2.81. The maximum Gasteiger partial charge on any atom is 0.343 e. The minimum atomic E-state index is -0.550. The molecule has 1 atom stereocenters. The number of aromatic nitrogens is 2. The van der Waals surface area contributed by atoms with Crippen molar-refractivity contribution in [2.24, 2.45) is 0 Å². The van der Waals surface area contributed by atoms with Gasteiger partial charge in [0, 0.05) is 19.3 Å². The normalized spacial score (nSPS) is 17.6. The molecule has 8 heteroatoms. The van der Waals surface area contributed by atoms with E-state index in [1.165, 1.54) is 18.0 Å². The van der Waals surface area contributed by atoms with Crippen LogP contribution < -0.4 is 5.73 Å². The van der Waals surface area contributed by atoms with Crippen LogP contribution in [0.1, 0.15) is 23.7 Å². The second-order valence-corrected chi connectivity index (χ2v) is 5.81. The lowest BCUT2D eigenvalue weighted by molar-refractivity contribution is -0.126. The summed E-state index contributed by atoms with van der Waals surface area (Å²) < 4.78 is 4.86. The van der Waals surface area contributed by atoms with Crippen molar-refractivity contribution in [2.75, 3.05) is 25.4 Å². The van der Waals surface area contributed by atoms with Gasteiger partial charge in [-0.25, -0.2) is 14.8 Å². The second-order valence-electron chi connectivity index (χ2n) is 4.64. The molecular formula is C14H18N4O3S. The monoisotopic (exact) mass is 322 g/mol. The van der Waals surface area contributed by atoms with E-state index in [4.69, 9.17) is 10.5 Å². The number of nitrogens with two attached hydrogens (primary N) is 1. The predicted molar refractivity (Wildman–Crippen MR) is 83.4 cm³/mol. The molecule has 0 aliphatic carbocycles. The fourth-order valence-electron chi connectivity index (χ4n) is 2.09. The highest BCUT2D eigenvalue weighted by Crippen LogP contribution is 2.29. The first kappa shape index (κ1) is 16.3. The lowest BCUT2D eigenvalue weighted by Gasteiger charge is -2.13. The summed E-state index contributed by atoms with van der Waals surface area (Å²) in [6.07, 6.45) is 3.76. The Morgan fingerprint density at radius 1 is 1.68 bits per heavy atom. The summed E-state index contributed by atoms with van der Waals surface area (Å²) in [5.74, 6) is -0.448. The van der Waals surface area contributed by atoms with E-state index in [9.17, 15) is 9.59 Å². The fraction of sp³-hybridized carbons (Fsp3) is 0.429. The van der Waals surface area contributed by atoms with Gasteiger partial charge in [0.1, 0.15) is 11.4 Å². The van der Waals surface area contributed by atoms with E-state index in [-0.39, 0.29) is 29.1 Å². The van der Waals surface area contributed by atoms with Crippen LogP contribution in [0.3, 0.4) is 0 Å². The van der Waals surface area contributed by atoms with Crippen molar-refractivity contribution in [3.8, 4) is 0 Å². The highest BCUT2D eigenvalue weighted by atomic mass is 32.2. The Hall–Kier alpha value is -2.09. The molecule has 0 aromatic carbocycles. The minimum Gasteiger partial charge on any atom is -0.462 e. The number of carbonyl (C=O) groups is 2. The number of rotatable bonds is 6. The van der Waals surface area contributed by atoms with Gasteiger partial charge in [0.25, 0.3) is 0 Å². The number of likely N-dealkylation sites (tertiary alicyclic amines) is 1. The zero-order valence-corrected chi connectivity index (χ0v) is 13.1. The van der Waals surface area contributed by atoms with E-state index in [0.717, 1.165) is 6.42 Å². The molecule has 1 aliphatic heterocycles. The third-order valence-corrected chi connectivity index (χ3v) is 4.27. The molecule has 0 saturated carbocycles. The quantitative estimate of drug-likeness (QED) is 0.476. The first-order valence-corrected chi connectivity index (χ1v) is 7.80. The molecule has 1 aromatic rings. The van der Waals surface area contributed by atoms with Gasteiger partial charge in [-0.1, -0.05) is 17.8 Å². The molecule has 2 heterocycles. The van der Waals surface area contributed by atoms with Crippen LogP contribution in [0.4, 0.5) is 5.82 Å². The van der Waals surface area contributed by atoms with E-state index in [2.05, 4.69) is 16.5 Å². The van der Waals surface area contributed by atoms with Gasteiger partial charge in [-0.2, -0.15) is 0 Å². The van der Waals surface area contributed by atoms with Crippen molar-refractivity contribution in [3.63, 3.8) is 0 Å². The Balaban J connectivity index is 2.05. The zero-order valence-electron chi connectivity index (χ0n) is 12.3. The van der Waals surface area contributed by atoms with E-state index < -0.39 is 5.97 Å². The Bertz CT molecular complexity index is 593. The van der Waals surface area contributed by atoms with Crippen molar-refractivity contribution in [1.29, 1.82) is 0 Å². The number of hydrogen-bond donors (Lipinski definition) is 1. The van der Waals surface area contributed by atoms with Crippen LogP contribution in [0, 0.1) is 0 Å². The molecule has 0 bridgehead atoms. The summed E-state index contributed by atoms with van der Waals surface area (Å²) in [5.41, 5.74) is 5.90. The predicted octanol–water partition coefficient (Wildman–Crippen LogP) is 1.11. The number of amides is 1. The lowest BCUT2D eigenvalue weighted by atomic mass is 10.3. The van der Waals surface area contributed by atoms with E-state index in [1.54, 1.807) is 17.9 Å².